The van der Waals surface area contributed by atoms with Gasteiger partial charge in [0.05, 0.1) is 6.20 Å². The van der Waals surface area contributed by atoms with Crippen LogP contribution in [0, 0.1) is 6.92 Å². The molecule has 0 aliphatic rings. The first-order valence-electron chi connectivity index (χ1n) is 7.29. The summed E-state index contributed by atoms with van der Waals surface area (Å²) in [4.78, 5) is 11.8. The first-order chi connectivity index (χ1) is 11.2. The van der Waals surface area contributed by atoms with Gasteiger partial charge in [0.2, 0.25) is 0 Å². The van der Waals surface area contributed by atoms with Crippen molar-refractivity contribution in [2.75, 3.05) is 5.32 Å². The van der Waals surface area contributed by atoms with Gasteiger partial charge >= 0.3 is 6.09 Å². The lowest BCUT2D eigenvalue weighted by atomic mass is 10.1. The van der Waals surface area contributed by atoms with E-state index in [2.05, 4.69) is 15.5 Å². The number of rotatable bonds is 4. The van der Waals surface area contributed by atoms with Crippen molar-refractivity contribution in [3.63, 3.8) is 0 Å². The number of ether oxygens (including phenoxy) is 1. The van der Waals surface area contributed by atoms with Crippen LogP contribution in [0.1, 0.15) is 11.1 Å². The van der Waals surface area contributed by atoms with Gasteiger partial charge < -0.3 is 4.74 Å². The summed E-state index contributed by atoms with van der Waals surface area (Å²) in [5, 5.41) is 9.40. The zero-order valence-corrected chi connectivity index (χ0v) is 12.7. The van der Waals surface area contributed by atoms with Crippen LogP contribution in [0.5, 0.6) is 0 Å². The Kier molecular flexibility index (Phi) is 4.38. The smallest absolute Gasteiger partial charge is 0.411 e. The molecule has 0 saturated heterocycles. The number of hydrogen-bond acceptors (Lipinski definition) is 3. The fourth-order valence-electron chi connectivity index (χ4n) is 2.14. The maximum Gasteiger partial charge on any atom is 0.411 e. The van der Waals surface area contributed by atoms with Gasteiger partial charge in [-0.1, -0.05) is 42.0 Å². The second-order valence-corrected chi connectivity index (χ2v) is 5.25. The molecule has 0 atom stereocenters. The average molecular weight is 307 g/mol. The van der Waals surface area contributed by atoms with E-state index in [9.17, 15) is 4.79 Å². The van der Waals surface area contributed by atoms with Gasteiger partial charge in [0.25, 0.3) is 0 Å². The summed E-state index contributed by atoms with van der Waals surface area (Å²) in [7, 11) is 0. The minimum atomic E-state index is -0.471. The van der Waals surface area contributed by atoms with Crippen molar-refractivity contribution in [2.24, 2.45) is 0 Å². The maximum atomic E-state index is 11.8. The molecule has 23 heavy (non-hydrogen) atoms. The first-order valence-corrected chi connectivity index (χ1v) is 7.29. The van der Waals surface area contributed by atoms with Gasteiger partial charge in [-0.25, -0.2) is 4.79 Å². The Bertz CT molecular complexity index is 763. The van der Waals surface area contributed by atoms with Crippen molar-refractivity contribution in [1.29, 1.82) is 0 Å². The van der Waals surface area contributed by atoms with Crippen LogP contribution in [0.15, 0.2) is 60.9 Å². The number of nitrogens with one attached hydrogen (secondary N) is 2. The molecule has 0 spiro atoms. The average Bonchev–Trinajstić information content (AvgIpc) is 3.09. The van der Waals surface area contributed by atoms with Crippen LogP contribution in [0.3, 0.4) is 0 Å². The molecule has 1 amide bonds. The number of benzene rings is 2. The number of aromatic amines is 1. The topological polar surface area (TPSA) is 67.0 Å². The van der Waals surface area contributed by atoms with Crippen LogP contribution >= 0.6 is 0 Å². The van der Waals surface area contributed by atoms with E-state index in [1.807, 2.05) is 61.7 Å². The fourth-order valence-corrected chi connectivity index (χ4v) is 2.14. The van der Waals surface area contributed by atoms with Crippen LogP contribution < -0.4 is 5.32 Å². The summed E-state index contributed by atoms with van der Waals surface area (Å²) in [5.41, 5.74) is 4.85. The number of carbonyl (C=O) groups is 1. The zero-order chi connectivity index (χ0) is 16.1. The zero-order valence-electron chi connectivity index (χ0n) is 12.7. The van der Waals surface area contributed by atoms with Crippen LogP contribution in [-0.2, 0) is 11.3 Å². The number of hydrogen-bond donors (Lipinski definition) is 2. The Hall–Kier alpha value is -3.08. The van der Waals surface area contributed by atoms with E-state index in [4.69, 9.17) is 4.74 Å². The van der Waals surface area contributed by atoms with Gasteiger partial charge in [-0.2, -0.15) is 5.10 Å². The van der Waals surface area contributed by atoms with E-state index in [1.54, 1.807) is 6.20 Å². The predicted octanol–water partition coefficient (Wildman–Crippen LogP) is 4.13. The van der Waals surface area contributed by atoms with Gasteiger partial charge in [0.1, 0.15) is 6.61 Å². The Labute approximate surface area is 134 Å². The molecule has 2 aromatic carbocycles. The summed E-state index contributed by atoms with van der Waals surface area (Å²) < 4.78 is 5.21. The summed E-state index contributed by atoms with van der Waals surface area (Å²) >= 11 is 0. The normalized spacial score (nSPS) is 10.3. The molecule has 0 saturated carbocycles. The number of carbonyl (C=O) groups excluding carboxylic acids is 1. The van der Waals surface area contributed by atoms with Crippen molar-refractivity contribution >= 4 is 11.8 Å². The van der Waals surface area contributed by atoms with Gasteiger partial charge in [-0.15, -0.1) is 0 Å². The molecule has 1 aromatic heterocycles. The lowest BCUT2D eigenvalue weighted by molar-refractivity contribution is 0.155. The second kappa shape index (κ2) is 6.79. The lowest BCUT2D eigenvalue weighted by Crippen LogP contribution is -2.13. The number of aromatic nitrogens is 2. The Morgan fingerprint density at radius 2 is 1.83 bits per heavy atom. The van der Waals surface area contributed by atoms with Crippen LogP contribution in [0.4, 0.5) is 10.5 Å². The van der Waals surface area contributed by atoms with Gasteiger partial charge in [0, 0.05) is 17.4 Å². The molecule has 0 bridgehead atoms. The molecule has 3 aromatic rings. The van der Waals surface area contributed by atoms with E-state index >= 15 is 0 Å². The SMILES string of the molecule is Cc1ccc(COC(=O)Nc2ccc(-c3cn[nH]c3)cc2)cc1. The number of aryl methyl sites for hydroxylation is 1. The highest BCUT2D eigenvalue weighted by Gasteiger charge is 2.05. The summed E-state index contributed by atoms with van der Waals surface area (Å²) in [6, 6.07) is 15.4. The molecule has 5 nitrogen and oxygen atoms in total. The second-order valence-electron chi connectivity index (χ2n) is 5.25. The highest BCUT2D eigenvalue weighted by atomic mass is 16.5. The van der Waals surface area contributed by atoms with E-state index in [1.165, 1.54) is 5.56 Å². The van der Waals surface area contributed by atoms with Crippen molar-refractivity contribution in [3.8, 4) is 11.1 Å². The standard InChI is InChI=1S/C18H17N3O2/c1-13-2-4-14(5-3-13)12-23-18(22)21-17-8-6-15(7-9-17)16-10-19-20-11-16/h2-11H,12H2,1H3,(H,19,20)(H,21,22). The largest absolute Gasteiger partial charge is 0.444 e. The van der Waals surface area contributed by atoms with Crippen LogP contribution in [0.2, 0.25) is 0 Å². The molecule has 0 fully saturated rings. The molecule has 2 N–H and O–H groups in total. The predicted molar refractivity (Wildman–Crippen MR) is 89.0 cm³/mol. The van der Waals surface area contributed by atoms with Crippen LogP contribution in [0.25, 0.3) is 11.1 Å². The number of amides is 1. The van der Waals surface area contributed by atoms with Gasteiger partial charge in [-0.05, 0) is 30.2 Å². The highest BCUT2D eigenvalue weighted by Crippen LogP contribution is 2.20. The first kappa shape index (κ1) is 14.8. The number of H-pyrrole nitrogens is 1. The number of anilines is 1. The lowest BCUT2D eigenvalue weighted by Gasteiger charge is -2.08. The quantitative estimate of drug-likeness (QED) is 0.761. The molecule has 0 aliphatic carbocycles. The third kappa shape index (κ3) is 3.97. The highest BCUT2D eigenvalue weighted by molar-refractivity contribution is 5.85. The Morgan fingerprint density at radius 3 is 2.48 bits per heavy atom. The van der Waals surface area contributed by atoms with Gasteiger partial charge in [0.15, 0.2) is 0 Å². The summed E-state index contributed by atoms with van der Waals surface area (Å²) in [6.07, 6.45) is 3.10. The summed E-state index contributed by atoms with van der Waals surface area (Å²) in [5.74, 6) is 0. The maximum absolute atomic E-state index is 11.8. The molecule has 116 valence electrons. The van der Waals surface area contributed by atoms with E-state index < -0.39 is 6.09 Å². The molecule has 0 aliphatic heterocycles. The molecule has 1 heterocycles. The van der Waals surface area contributed by atoms with Crippen molar-refractivity contribution in [3.05, 3.63) is 72.1 Å². The third-order valence-corrected chi connectivity index (χ3v) is 3.45. The van der Waals surface area contributed by atoms with E-state index in [0.717, 1.165) is 16.7 Å². The molecule has 3 rings (SSSR count). The monoisotopic (exact) mass is 307 g/mol. The molecular formula is C18H17N3O2. The molecular weight excluding hydrogens is 290 g/mol. The molecule has 0 unspecified atom stereocenters. The van der Waals surface area contributed by atoms with Gasteiger partial charge in [-0.3, -0.25) is 10.4 Å². The third-order valence-electron chi connectivity index (χ3n) is 3.45. The van der Waals surface area contributed by atoms with Crippen molar-refractivity contribution in [1.82, 2.24) is 10.2 Å². The molecule has 5 heteroatoms. The van der Waals surface area contributed by atoms with Crippen LogP contribution in [-0.4, -0.2) is 16.3 Å². The van der Waals surface area contributed by atoms with Crippen molar-refractivity contribution in [2.45, 2.75) is 13.5 Å². The fraction of sp³-hybridized carbons (Fsp3) is 0.111. The van der Waals surface area contributed by atoms with E-state index in [0.29, 0.717) is 5.69 Å². The number of nitrogens with zero attached hydrogens (tertiary/aromatic N) is 1. The Morgan fingerprint density at radius 1 is 1.09 bits per heavy atom. The van der Waals surface area contributed by atoms with Crippen molar-refractivity contribution < 1.29 is 9.53 Å². The minimum Gasteiger partial charge on any atom is -0.444 e. The summed E-state index contributed by atoms with van der Waals surface area (Å²) in [6.45, 7) is 2.27. The minimum absolute atomic E-state index is 0.249. The Balaban J connectivity index is 1.54. The molecule has 0 radical (unpaired) electrons. The van der Waals surface area contributed by atoms with E-state index in [-0.39, 0.29) is 6.61 Å².